The molecule has 1 aliphatic rings. The van der Waals surface area contributed by atoms with Gasteiger partial charge in [-0.1, -0.05) is 13.0 Å². The third-order valence-corrected chi connectivity index (χ3v) is 3.46. The number of nitrogens with one attached hydrogen (secondary N) is 1. The molecule has 0 fully saturated rings. The molecule has 0 bridgehead atoms. The molecule has 0 radical (unpaired) electrons. The third kappa shape index (κ3) is 2.70. The maximum atomic E-state index is 13.2. The van der Waals surface area contributed by atoms with Gasteiger partial charge in [-0.3, -0.25) is 4.79 Å². The number of carbonyl (C=O) groups is 1. The molecule has 1 amide bonds. The summed E-state index contributed by atoms with van der Waals surface area (Å²) in [5.41, 5.74) is 1.78. The molecule has 1 heterocycles. The molecule has 1 N–H and O–H groups in total. The summed E-state index contributed by atoms with van der Waals surface area (Å²) in [5, 5.41) is 3.17. The summed E-state index contributed by atoms with van der Waals surface area (Å²) < 4.78 is 13.2. The number of nitrogens with zero attached hydrogens (tertiary/aromatic N) is 1. The van der Waals surface area contributed by atoms with Gasteiger partial charge in [-0.05, 0) is 37.5 Å². The average molecular weight is 250 g/mol. The third-order valence-electron chi connectivity index (χ3n) is 3.46. The Morgan fingerprint density at radius 3 is 3.06 bits per heavy atom. The largest absolute Gasteiger partial charge is 0.311 e. The van der Waals surface area contributed by atoms with Gasteiger partial charge in [0.15, 0.2) is 0 Å². The molecule has 0 spiro atoms. The number of anilines is 1. The predicted octanol–water partition coefficient (Wildman–Crippen LogP) is 2.10. The highest BCUT2D eigenvalue weighted by atomic mass is 19.1. The molecule has 4 heteroatoms. The number of fused-ring (bicyclic) bond motifs is 1. The van der Waals surface area contributed by atoms with E-state index in [0.717, 1.165) is 24.1 Å². The normalized spacial score (nSPS) is 15.6. The minimum absolute atomic E-state index is 0.0136. The van der Waals surface area contributed by atoms with E-state index in [2.05, 4.69) is 12.2 Å². The second-order valence-corrected chi connectivity index (χ2v) is 4.76. The van der Waals surface area contributed by atoms with E-state index in [1.165, 1.54) is 12.1 Å². The fourth-order valence-electron chi connectivity index (χ4n) is 2.11. The van der Waals surface area contributed by atoms with Crippen LogP contribution in [0.4, 0.5) is 10.1 Å². The highest BCUT2D eigenvalue weighted by Gasteiger charge is 2.24. The monoisotopic (exact) mass is 250 g/mol. The van der Waals surface area contributed by atoms with Crippen LogP contribution in [0.3, 0.4) is 0 Å². The summed E-state index contributed by atoms with van der Waals surface area (Å²) in [6.45, 7) is 5.08. The topological polar surface area (TPSA) is 32.3 Å². The molecule has 1 unspecified atom stereocenters. The smallest absolute Gasteiger partial charge is 0.240 e. The first-order chi connectivity index (χ1) is 8.61. The van der Waals surface area contributed by atoms with Crippen LogP contribution in [0.15, 0.2) is 18.2 Å². The van der Waals surface area contributed by atoms with Gasteiger partial charge >= 0.3 is 0 Å². The second kappa shape index (κ2) is 5.48. The van der Waals surface area contributed by atoms with Crippen molar-refractivity contribution in [1.82, 2.24) is 5.32 Å². The van der Waals surface area contributed by atoms with Gasteiger partial charge in [0, 0.05) is 18.3 Å². The first kappa shape index (κ1) is 13.0. The van der Waals surface area contributed by atoms with Crippen LogP contribution in [-0.2, 0) is 11.2 Å². The van der Waals surface area contributed by atoms with Gasteiger partial charge in [0.25, 0.3) is 0 Å². The lowest BCUT2D eigenvalue weighted by Crippen LogP contribution is -2.40. The maximum Gasteiger partial charge on any atom is 0.240 e. The number of carbonyl (C=O) groups excluding carboxylic acids is 1. The summed E-state index contributed by atoms with van der Waals surface area (Å²) in [6.07, 6.45) is 1.79. The van der Waals surface area contributed by atoms with Crippen molar-refractivity contribution in [3.63, 3.8) is 0 Å². The Labute approximate surface area is 107 Å². The lowest BCUT2D eigenvalue weighted by molar-refractivity contribution is -0.117. The number of rotatable bonds is 4. The van der Waals surface area contributed by atoms with Crippen molar-refractivity contribution in [2.45, 2.75) is 32.7 Å². The molecule has 2 rings (SSSR count). The summed E-state index contributed by atoms with van der Waals surface area (Å²) in [6, 6.07) is 4.98. The molecule has 18 heavy (non-hydrogen) atoms. The van der Waals surface area contributed by atoms with Crippen LogP contribution in [0.25, 0.3) is 0 Å². The Kier molecular flexibility index (Phi) is 3.97. The van der Waals surface area contributed by atoms with E-state index in [9.17, 15) is 9.18 Å². The molecule has 0 saturated heterocycles. The van der Waals surface area contributed by atoms with Gasteiger partial charge in [-0.2, -0.15) is 0 Å². The molecule has 98 valence electrons. The molecule has 1 aromatic rings. The van der Waals surface area contributed by atoms with Crippen molar-refractivity contribution in [3.8, 4) is 0 Å². The number of hydrogen-bond donors (Lipinski definition) is 1. The fourth-order valence-corrected chi connectivity index (χ4v) is 2.11. The Hall–Kier alpha value is -1.42. The molecule has 0 aliphatic carbocycles. The number of benzene rings is 1. The summed E-state index contributed by atoms with van der Waals surface area (Å²) in [5.74, 6) is -0.275. The van der Waals surface area contributed by atoms with Crippen molar-refractivity contribution >= 4 is 11.6 Å². The average Bonchev–Trinajstić information content (AvgIpc) is 2.78. The summed E-state index contributed by atoms with van der Waals surface area (Å²) >= 11 is 0. The zero-order valence-electron chi connectivity index (χ0n) is 10.9. The van der Waals surface area contributed by atoms with E-state index in [1.54, 1.807) is 11.0 Å². The van der Waals surface area contributed by atoms with E-state index in [0.29, 0.717) is 19.1 Å². The van der Waals surface area contributed by atoms with E-state index < -0.39 is 0 Å². The van der Waals surface area contributed by atoms with E-state index >= 15 is 0 Å². The molecular weight excluding hydrogens is 231 g/mol. The SMILES string of the molecule is CCC(C)NCC(=O)N1CCc2ccc(F)cc21. The minimum Gasteiger partial charge on any atom is -0.311 e. The molecule has 3 nitrogen and oxygen atoms in total. The Morgan fingerprint density at radius 2 is 2.33 bits per heavy atom. The van der Waals surface area contributed by atoms with Gasteiger partial charge in [-0.15, -0.1) is 0 Å². The van der Waals surface area contributed by atoms with Crippen LogP contribution in [-0.4, -0.2) is 25.0 Å². The summed E-state index contributed by atoms with van der Waals surface area (Å²) in [4.78, 5) is 13.8. The maximum absolute atomic E-state index is 13.2. The summed E-state index contributed by atoms with van der Waals surface area (Å²) in [7, 11) is 0. The van der Waals surface area contributed by atoms with Crippen LogP contribution in [0.1, 0.15) is 25.8 Å². The van der Waals surface area contributed by atoms with Gasteiger partial charge in [0.1, 0.15) is 5.82 Å². The minimum atomic E-state index is -0.289. The van der Waals surface area contributed by atoms with Crippen molar-refractivity contribution in [1.29, 1.82) is 0 Å². The molecule has 1 aromatic carbocycles. The highest BCUT2D eigenvalue weighted by molar-refractivity contribution is 5.96. The van der Waals surface area contributed by atoms with Crippen molar-refractivity contribution in [2.24, 2.45) is 0 Å². The quantitative estimate of drug-likeness (QED) is 0.887. The molecular formula is C14H19FN2O. The Morgan fingerprint density at radius 1 is 1.56 bits per heavy atom. The lowest BCUT2D eigenvalue weighted by atomic mass is 10.2. The zero-order valence-corrected chi connectivity index (χ0v) is 10.9. The Bertz CT molecular complexity index is 447. The number of hydrogen-bond acceptors (Lipinski definition) is 2. The molecule has 0 saturated carbocycles. The molecule has 1 aliphatic heterocycles. The first-order valence-electron chi connectivity index (χ1n) is 6.44. The van der Waals surface area contributed by atoms with Gasteiger partial charge < -0.3 is 10.2 Å². The van der Waals surface area contributed by atoms with Gasteiger partial charge in [-0.25, -0.2) is 4.39 Å². The highest BCUT2D eigenvalue weighted by Crippen LogP contribution is 2.28. The second-order valence-electron chi connectivity index (χ2n) is 4.76. The van der Waals surface area contributed by atoms with E-state index in [4.69, 9.17) is 0 Å². The number of halogens is 1. The number of amides is 1. The first-order valence-corrected chi connectivity index (χ1v) is 6.44. The van der Waals surface area contributed by atoms with Gasteiger partial charge in [0.2, 0.25) is 5.91 Å². The van der Waals surface area contributed by atoms with E-state index in [-0.39, 0.29) is 11.7 Å². The molecule has 0 aromatic heterocycles. The van der Waals surface area contributed by atoms with Crippen molar-refractivity contribution in [2.75, 3.05) is 18.0 Å². The fraction of sp³-hybridized carbons (Fsp3) is 0.500. The molecule has 1 atom stereocenters. The zero-order chi connectivity index (χ0) is 13.1. The lowest BCUT2D eigenvalue weighted by Gasteiger charge is -2.19. The Balaban J connectivity index is 2.04. The van der Waals surface area contributed by atoms with Crippen LogP contribution in [0.2, 0.25) is 0 Å². The van der Waals surface area contributed by atoms with Crippen molar-refractivity contribution in [3.05, 3.63) is 29.6 Å². The van der Waals surface area contributed by atoms with Crippen LogP contribution >= 0.6 is 0 Å². The van der Waals surface area contributed by atoms with Crippen LogP contribution in [0.5, 0.6) is 0 Å². The van der Waals surface area contributed by atoms with Crippen LogP contribution in [0, 0.1) is 5.82 Å². The standard InChI is InChI=1S/C14H19FN2O/c1-3-10(2)16-9-14(18)17-7-6-11-4-5-12(15)8-13(11)17/h4-5,8,10,16H,3,6-7,9H2,1-2H3. The predicted molar refractivity (Wildman–Crippen MR) is 70.2 cm³/mol. The van der Waals surface area contributed by atoms with Crippen LogP contribution < -0.4 is 10.2 Å². The van der Waals surface area contributed by atoms with Gasteiger partial charge in [0.05, 0.1) is 6.54 Å². The van der Waals surface area contributed by atoms with E-state index in [1.807, 2.05) is 6.92 Å². The van der Waals surface area contributed by atoms with Crippen molar-refractivity contribution < 1.29 is 9.18 Å².